The van der Waals surface area contributed by atoms with Crippen molar-refractivity contribution < 1.29 is 15.0 Å². The van der Waals surface area contributed by atoms with E-state index in [0.29, 0.717) is 12.6 Å². The third kappa shape index (κ3) is 5.57. The van der Waals surface area contributed by atoms with Crippen molar-refractivity contribution >= 4 is 5.91 Å². The fraction of sp³-hybridized carbons (Fsp3) is 0.938. The van der Waals surface area contributed by atoms with Gasteiger partial charge < -0.3 is 15.5 Å². The molecule has 0 radical (unpaired) electrons. The van der Waals surface area contributed by atoms with Gasteiger partial charge >= 0.3 is 0 Å². The maximum atomic E-state index is 12.3. The molecule has 5 heteroatoms. The second-order valence-corrected chi connectivity index (χ2v) is 7.18. The molecular formula is C16H32N2O3. The minimum Gasteiger partial charge on any atom is -0.396 e. The van der Waals surface area contributed by atoms with E-state index < -0.39 is 5.41 Å². The van der Waals surface area contributed by atoms with Crippen LogP contribution in [-0.2, 0) is 4.79 Å². The predicted molar refractivity (Wildman–Crippen MR) is 83.9 cm³/mol. The zero-order chi connectivity index (χ0) is 16.0. The van der Waals surface area contributed by atoms with Crippen LogP contribution in [0.5, 0.6) is 0 Å². The van der Waals surface area contributed by atoms with Gasteiger partial charge in [-0.1, -0.05) is 13.8 Å². The first-order valence-electron chi connectivity index (χ1n) is 8.03. The van der Waals surface area contributed by atoms with E-state index in [1.807, 2.05) is 25.8 Å². The number of aliphatic hydroxyl groups is 2. The summed E-state index contributed by atoms with van der Waals surface area (Å²) >= 11 is 0. The monoisotopic (exact) mass is 300 g/mol. The van der Waals surface area contributed by atoms with Gasteiger partial charge in [0, 0.05) is 18.0 Å². The molecule has 1 saturated carbocycles. The van der Waals surface area contributed by atoms with Gasteiger partial charge in [-0.25, -0.2) is 0 Å². The third-order valence-corrected chi connectivity index (χ3v) is 4.80. The Labute approximate surface area is 128 Å². The topological polar surface area (TPSA) is 72.8 Å². The SMILES string of the molecule is CC1CCC(NC(=O)C(C)N(C)CC(C)(CO)CO)CC1. The first-order valence-corrected chi connectivity index (χ1v) is 8.03. The van der Waals surface area contributed by atoms with E-state index in [0.717, 1.165) is 18.8 Å². The fourth-order valence-corrected chi connectivity index (χ4v) is 2.82. The molecule has 0 bridgehead atoms. The van der Waals surface area contributed by atoms with Gasteiger partial charge in [0.25, 0.3) is 0 Å². The molecule has 0 aromatic carbocycles. The minimum absolute atomic E-state index is 0.0373. The number of nitrogens with one attached hydrogen (secondary N) is 1. The second-order valence-electron chi connectivity index (χ2n) is 7.18. The quantitative estimate of drug-likeness (QED) is 0.656. The van der Waals surface area contributed by atoms with Crippen molar-refractivity contribution in [2.45, 2.75) is 58.5 Å². The summed E-state index contributed by atoms with van der Waals surface area (Å²) in [6.07, 6.45) is 4.49. The number of carbonyl (C=O) groups excluding carboxylic acids is 1. The van der Waals surface area contributed by atoms with E-state index in [1.165, 1.54) is 12.8 Å². The standard InChI is InChI=1S/C16H32N2O3/c1-12-5-7-14(8-6-12)17-15(21)13(2)18(4)9-16(3,10-19)11-20/h12-14,19-20H,5-11H2,1-4H3,(H,17,21). The summed E-state index contributed by atoms with van der Waals surface area (Å²) in [5, 5.41) is 21.8. The number of aliphatic hydroxyl groups excluding tert-OH is 2. The van der Waals surface area contributed by atoms with Crippen molar-refractivity contribution in [1.29, 1.82) is 0 Å². The molecule has 1 atom stereocenters. The first-order chi connectivity index (χ1) is 9.81. The Hall–Kier alpha value is -0.650. The van der Waals surface area contributed by atoms with Crippen LogP contribution in [-0.4, -0.2) is 59.9 Å². The number of rotatable bonds is 7. The van der Waals surface area contributed by atoms with Gasteiger partial charge in [0.2, 0.25) is 5.91 Å². The van der Waals surface area contributed by atoms with E-state index in [1.54, 1.807) is 0 Å². The number of hydrogen-bond acceptors (Lipinski definition) is 4. The Bertz CT molecular complexity index is 323. The normalized spacial score (nSPS) is 24.9. The molecular weight excluding hydrogens is 268 g/mol. The van der Waals surface area contributed by atoms with Crippen LogP contribution in [0, 0.1) is 11.3 Å². The van der Waals surface area contributed by atoms with Crippen LogP contribution in [0.4, 0.5) is 0 Å². The summed E-state index contributed by atoms with van der Waals surface area (Å²) in [6.45, 7) is 6.24. The Morgan fingerprint density at radius 1 is 1.29 bits per heavy atom. The Morgan fingerprint density at radius 3 is 2.29 bits per heavy atom. The maximum Gasteiger partial charge on any atom is 0.237 e. The fourth-order valence-electron chi connectivity index (χ4n) is 2.82. The van der Waals surface area contributed by atoms with Gasteiger partial charge in [-0.15, -0.1) is 0 Å². The minimum atomic E-state index is -0.580. The summed E-state index contributed by atoms with van der Waals surface area (Å²) in [4.78, 5) is 14.2. The maximum absolute atomic E-state index is 12.3. The van der Waals surface area contributed by atoms with Crippen LogP contribution in [0.25, 0.3) is 0 Å². The molecule has 1 unspecified atom stereocenters. The van der Waals surface area contributed by atoms with Gasteiger partial charge in [0.15, 0.2) is 0 Å². The van der Waals surface area contributed by atoms with Crippen LogP contribution in [0.1, 0.15) is 46.5 Å². The molecule has 0 aromatic rings. The summed E-state index contributed by atoms with van der Waals surface area (Å²) < 4.78 is 0. The van der Waals surface area contributed by atoms with Crippen LogP contribution in [0.3, 0.4) is 0 Å². The molecule has 1 amide bonds. The van der Waals surface area contributed by atoms with Crippen molar-refractivity contribution in [3.05, 3.63) is 0 Å². The van der Waals surface area contributed by atoms with Gasteiger partial charge in [0.05, 0.1) is 19.3 Å². The Kier molecular flexibility index (Phi) is 7.10. The molecule has 0 aromatic heterocycles. The van der Waals surface area contributed by atoms with Gasteiger partial charge in [0.1, 0.15) is 0 Å². The Morgan fingerprint density at radius 2 is 1.81 bits per heavy atom. The number of likely N-dealkylation sites (N-methyl/N-ethyl adjacent to an activating group) is 1. The van der Waals surface area contributed by atoms with Crippen molar-refractivity contribution in [3.63, 3.8) is 0 Å². The largest absolute Gasteiger partial charge is 0.396 e. The second kappa shape index (κ2) is 8.11. The molecule has 1 fully saturated rings. The highest BCUT2D eigenvalue weighted by Crippen LogP contribution is 2.23. The zero-order valence-electron chi connectivity index (χ0n) is 13.9. The van der Waals surface area contributed by atoms with Crippen molar-refractivity contribution in [3.8, 4) is 0 Å². The zero-order valence-corrected chi connectivity index (χ0v) is 13.9. The van der Waals surface area contributed by atoms with Gasteiger partial charge in [-0.2, -0.15) is 0 Å². The molecule has 1 aliphatic rings. The molecule has 124 valence electrons. The lowest BCUT2D eigenvalue weighted by molar-refractivity contribution is -0.127. The molecule has 0 aliphatic heterocycles. The Balaban J connectivity index is 2.46. The van der Waals surface area contributed by atoms with E-state index in [-0.39, 0.29) is 25.2 Å². The van der Waals surface area contributed by atoms with E-state index in [2.05, 4.69) is 12.2 Å². The van der Waals surface area contributed by atoms with Crippen LogP contribution < -0.4 is 5.32 Å². The highest BCUT2D eigenvalue weighted by molar-refractivity contribution is 5.81. The van der Waals surface area contributed by atoms with E-state index in [9.17, 15) is 15.0 Å². The van der Waals surface area contributed by atoms with Crippen LogP contribution >= 0.6 is 0 Å². The number of nitrogens with zero attached hydrogens (tertiary/aromatic N) is 1. The molecule has 1 rings (SSSR count). The number of amides is 1. The smallest absolute Gasteiger partial charge is 0.237 e. The molecule has 5 nitrogen and oxygen atoms in total. The average Bonchev–Trinajstić information content (AvgIpc) is 2.48. The van der Waals surface area contributed by atoms with Crippen LogP contribution in [0.15, 0.2) is 0 Å². The third-order valence-electron chi connectivity index (χ3n) is 4.80. The predicted octanol–water partition coefficient (Wildman–Crippen LogP) is 0.992. The highest BCUT2D eigenvalue weighted by atomic mass is 16.3. The summed E-state index contributed by atoms with van der Waals surface area (Å²) in [7, 11) is 1.86. The van der Waals surface area contributed by atoms with Crippen molar-refractivity contribution in [1.82, 2.24) is 10.2 Å². The summed E-state index contributed by atoms with van der Waals surface area (Å²) in [5.74, 6) is 0.809. The number of carbonyl (C=O) groups is 1. The highest BCUT2D eigenvalue weighted by Gasteiger charge is 2.29. The first kappa shape index (κ1) is 18.4. The molecule has 0 spiro atoms. The molecule has 1 aliphatic carbocycles. The summed E-state index contributed by atoms with van der Waals surface area (Å²) in [5.41, 5.74) is -0.580. The molecule has 3 N–H and O–H groups in total. The lowest BCUT2D eigenvalue weighted by Gasteiger charge is -2.34. The van der Waals surface area contributed by atoms with Crippen LogP contribution in [0.2, 0.25) is 0 Å². The van der Waals surface area contributed by atoms with Gasteiger partial charge in [-0.05, 0) is 45.6 Å². The molecule has 0 saturated heterocycles. The molecule has 0 heterocycles. The average molecular weight is 300 g/mol. The van der Waals surface area contributed by atoms with E-state index >= 15 is 0 Å². The lowest BCUT2D eigenvalue weighted by Crippen LogP contribution is -2.51. The molecule has 21 heavy (non-hydrogen) atoms. The van der Waals surface area contributed by atoms with E-state index in [4.69, 9.17) is 0 Å². The summed E-state index contributed by atoms with van der Waals surface area (Å²) in [6, 6.07) is 0.0355. The van der Waals surface area contributed by atoms with Crippen molar-refractivity contribution in [2.24, 2.45) is 11.3 Å². The van der Waals surface area contributed by atoms with Crippen molar-refractivity contribution in [2.75, 3.05) is 26.8 Å². The lowest BCUT2D eigenvalue weighted by atomic mass is 9.87. The number of hydrogen-bond donors (Lipinski definition) is 3. The van der Waals surface area contributed by atoms with Gasteiger partial charge in [-0.3, -0.25) is 9.69 Å².